The largest absolute Gasteiger partial charge is 0.397 e. The highest BCUT2D eigenvalue weighted by Gasteiger charge is 2.15. The summed E-state index contributed by atoms with van der Waals surface area (Å²) in [5, 5.41) is 5.25. The van der Waals surface area contributed by atoms with Gasteiger partial charge in [-0.15, -0.1) is 0 Å². The van der Waals surface area contributed by atoms with E-state index in [4.69, 9.17) is 11.6 Å². The number of carbonyl (C=O) groups is 1. The molecule has 1 saturated heterocycles. The molecule has 1 heterocycles. The zero-order valence-electron chi connectivity index (χ0n) is 16.2. The quantitative estimate of drug-likeness (QED) is 0.225. The SMILES string of the molecule is CCc1ccc(/C(N)=C/N(N)CCNC(=O)CCCCC2CCSS2)cc1. The molecule has 1 aromatic rings. The van der Waals surface area contributed by atoms with Crippen LogP contribution in [0.5, 0.6) is 0 Å². The first-order valence-electron chi connectivity index (χ1n) is 9.71. The summed E-state index contributed by atoms with van der Waals surface area (Å²) in [6.07, 6.45) is 7.94. The van der Waals surface area contributed by atoms with Crippen LogP contribution >= 0.6 is 21.6 Å². The fraction of sp³-hybridized carbons (Fsp3) is 0.550. The van der Waals surface area contributed by atoms with Gasteiger partial charge in [0.15, 0.2) is 0 Å². The molecule has 0 radical (unpaired) electrons. The van der Waals surface area contributed by atoms with Gasteiger partial charge in [-0.25, -0.2) is 5.84 Å². The number of rotatable bonds is 11. The van der Waals surface area contributed by atoms with E-state index in [1.165, 1.54) is 29.2 Å². The van der Waals surface area contributed by atoms with E-state index in [1.807, 2.05) is 33.7 Å². The number of nitrogens with zero attached hydrogens (tertiary/aromatic N) is 1. The molecule has 1 fully saturated rings. The number of hydrogen-bond acceptors (Lipinski definition) is 6. The van der Waals surface area contributed by atoms with Crippen molar-refractivity contribution in [1.29, 1.82) is 0 Å². The molecule has 1 unspecified atom stereocenters. The summed E-state index contributed by atoms with van der Waals surface area (Å²) in [5.41, 5.74) is 8.95. The zero-order chi connectivity index (χ0) is 19.5. The summed E-state index contributed by atoms with van der Waals surface area (Å²) in [5.74, 6) is 7.34. The van der Waals surface area contributed by atoms with Crippen molar-refractivity contribution in [2.75, 3.05) is 18.8 Å². The van der Waals surface area contributed by atoms with E-state index in [0.717, 1.165) is 30.1 Å². The van der Waals surface area contributed by atoms with Crippen LogP contribution in [0.2, 0.25) is 0 Å². The highest BCUT2D eigenvalue weighted by atomic mass is 33.1. The Labute approximate surface area is 171 Å². The van der Waals surface area contributed by atoms with E-state index in [0.29, 0.717) is 25.2 Å². The van der Waals surface area contributed by atoms with Gasteiger partial charge in [-0.2, -0.15) is 0 Å². The summed E-state index contributed by atoms with van der Waals surface area (Å²) in [7, 11) is 3.98. The van der Waals surface area contributed by atoms with Crippen LogP contribution < -0.4 is 16.9 Å². The Morgan fingerprint density at radius 3 is 2.78 bits per heavy atom. The lowest BCUT2D eigenvalue weighted by Gasteiger charge is -2.16. The van der Waals surface area contributed by atoms with Gasteiger partial charge in [0.25, 0.3) is 0 Å². The Morgan fingerprint density at radius 2 is 2.11 bits per heavy atom. The molecule has 5 nitrogen and oxygen atoms in total. The summed E-state index contributed by atoms with van der Waals surface area (Å²) >= 11 is 0. The molecule has 1 aromatic carbocycles. The molecule has 1 aliphatic heterocycles. The lowest BCUT2D eigenvalue weighted by atomic mass is 10.1. The monoisotopic (exact) mass is 408 g/mol. The summed E-state index contributed by atoms with van der Waals surface area (Å²) in [6.45, 7) is 3.16. The van der Waals surface area contributed by atoms with Gasteiger partial charge >= 0.3 is 0 Å². The third kappa shape index (κ3) is 8.49. The lowest BCUT2D eigenvalue weighted by molar-refractivity contribution is -0.121. The molecule has 1 atom stereocenters. The fourth-order valence-electron chi connectivity index (χ4n) is 2.89. The molecule has 2 rings (SSSR count). The van der Waals surface area contributed by atoms with Crippen LogP contribution in [-0.4, -0.2) is 35.0 Å². The van der Waals surface area contributed by atoms with Crippen molar-refractivity contribution < 1.29 is 4.79 Å². The molecule has 1 amide bonds. The first-order chi connectivity index (χ1) is 13.1. The summed E-state index contributed by atoms with van der Waals surface area (Å²) in [4.78, 5) is 11.9. The smallest absolute Gasteiger partial charge is 0.220 e. The number of aryl methyl sites for hydroxylation is 1. The van der Waals surface area contributed by atoms with Gasteiger partial charge in [0.05, 0.1) is 12.2 Å². The lowest BCUT2D eigenvalue weighted by Crippen LogP contribution is -2.36. The van der Waals surface area contributed by atoms with E-state index < -0.39 is 0 Å². The van der Waals surface area contributed by atoms with E-state index in [2.05, 4.69) is 24.4 Å². The third-order valence-electron chi connectivity index (χ3n) is 4.60. The molecule has 150 valence electrons. The highest BCUT2D eigenvalue weighted by Crippen LogP contribution is 2.39. The number of amides is 1. The minimum Gasteiger partial charge on any atom is -0.397 e. The predicted molar refractivity (Wildman–Crippen MR) is 119 cm³/mol. The molecule has 7 heteroatoms. The van der Waals surface area contributed by atoms with Gasteiger partial charge in [-0.1, -0.05) is 59.2 Å². The number of hydrazine groups is 1. The second-order valence-corrected chi connectivity index (χ2v) is 9.58. The molecule has 0 aromatic heterocycles. The molecular weight excluding hydrogens is 376 g/mol. The molecule has 0 aliphatic carbocycles. The minimum atomic E-state index is 0.101. The third-order valence-corrected chi connectivity index (χ3v) is 7.61. The minimum absolute atomic E-state index is 0.101. The van der Waals surface area contributed by atoms with Crippen LogP contribution in [0, 0.1) is 0 Å². The van der Waals surface area contributed by atoms with Gasteiger partial charge in [-0.3, -0.25) is 4.79 Å². The van der Waals surface area contributed by atoms with E-state index in [9.17, 15) is 4.79 Å². The van der Waals surface area contributed by atoms with Crippen LogP contribution in [0.4, 0.5) is 0 Å². The van der Waals surface area contributed by atoms with Crippen LogP contribution in [-0.2, 0) is 11.2 Å². The Hall–Kier alpha value is -1.31. The molecule has 0 spiro atoms. The van der Waals surface area contributed by atoms with E-state index in [1.54, 1.807) is 6.20 Å². The van der Waals surface area contributed by atoms with Gasteiger partial charge in [0.2, 0.25) is 5.91 Å². The Balaban J connectivity index is 1.59. The molecule has 0 bridgehead atoms. The molecule has 5 N–H and O–H groups in total. The Morgan fingerprint density at radius 1 is 1.33 bits per heavy atom. The summed E-state index contributed by atoms with van der Waals surface area (Å²) in [6, 6.07) is 8.15. The second kappa shape index (κ2) is 12.2. The average Bonchev–Trinajstić information content (AvgIpc) is 3.18. The van der Waals surface area contributed by atoms with Crippen molar-refractivity contribution in [2.45, 2.75) is 50.7 Å². The van der Waals surface area contributed by atoms with Crippen LogP contribution in [0.3, 0.4) is 0 Å². The van der Waals surface area contributed by atoms with Crippen LogP contribution in [0.15, 0.2) is 30.5 Å². The number of hydrogen-bond donors (Lipinski definition) is 3. The predicted octanol–water partition coefficient (Wildman–Crippen LogP) is 3.51. The van der Waals surface area contributed by atoms with Crippen LogP contribution in [0.25, 0.3) is 5.70 Å². The van der Waals surface area contributed by atoms with Crippen LogP contribution in [0.1, 0.15) is 50.2 Å². The summed E-state index contributed by atoms with van der Waals surface area (Å²) < 4.78 is 0. The van der Waals surface area contributed by atoms with Crippen molar-refractivity contribution in [1.82, 2.24) is 10.3 Å². The van der Waals surface area contributed by atoms with E-state index >= 15 is 0 Å². The topological polar surface area (TPSA) is 84.4 Å². The zero-order valence-corrected chi connectivity index (χ0v) is 17.8. The Bertz CT molecular complexity index is 601. The van der Waals surface area contributed by atoms with Gasteiger partial charge in [0.1, 0.15) is 0 Å². The maximum absolute atomic E-state index is 11.9. The fourth-order valence-corrected chi connectivity index (χ4v) is 5.91. The number of unbranched alkanes of at least 4 members (excludes halogenated alkanes) is 1. The maximum atomic E-state index is 11.9. The Kier molecular flexibility index (Phi) is 9.94. The number of nitrogens with two attached hydrogens (primary N) is 2. The highest BCUT2D eigenvalue weighted by molar-refractivity contribution is 8.77. The van der Waals surface area contributed by atoms with Gasteiger partial charge in [0, 0.05) is 30.2 Å². The molecule has 1 aliphatic rings. The number of benzene rings is 1. The molecule has 27 heavy (non-hydrogen) atoms. The molecular formula is C20H32N4OS2. The van der Waals surface area contributed by atoms with Crippen molar-refractivity contribution in [3.8, 4) is 0 Å². The number of nitrogens with one attached hydrogen (secondary N) is 1. The van der Waals surface area contributed by atoms with Crippen molar-refractivity contribution >= 4 is 33.2 Å². The second-order valence-electron chi connectivity index (χ2n) is 6.80. The maximum Gasteiger partial charge on any atom is 0.220 e. The molecule has 0 saturated carbocycles. The van der Waals surface area contributed by atoms with Crippen molar-refractivity contribution in [3.63, 3.8) is 0 Å². The number of carbonyl (C=O) groups excluding carboxylic acids is 1. The van der Waals surface area contributed by atoms with Gasteiger partial charge in [-0.05, 0) is 36.8 Å². The van der Waals surface area contributed by atoms with E-state index in [-0.39, 0.29) is 5.91 Å². The first-order valence-corrected chi connectivity index (χ1v) is 12.1. The van der Waals surface area contributed by atoms with Crippen molar-refractivity contribution in [3.05, 3.63) is 41.6 Å². The first kappa shape index (κ1) is 22.0. The van der Waals surface area contributed by atoms with Crippen molar-refractivity contribution in [2.24, 2.45) is 11.6 Å². The van der Waals surface area contributed by atoms with Gasteiger partial charge < -0.3 is 16.1 Å². The standard InChI is InChI=1S/C20H32N4OS2/c1-2-16-7-9-17(10-8-16)19(21)15-24(22)13-12-23-20(25)6-4-3-5-18-11-14-26-27-18/h7-10,15,18H,2-6,11-14,21-22H2,1H3,(H,23,25)/b19-15-. The average molecular weight is 409 g/mol. The normalized spacial score (nSPS) is 17.1.